The highest BCUT2D eigenvalue weighted by Gasteiger charge is 2.24. The van der Waals surface area contributed by atoms with E-state index in [1.54, 1.807) is 23.4 Å². The molecule has 0 radical (unpaired) electrons. The summed E-state index contributed by atoms with van der Waals surface area (Å²) < 4.78 is 0. The number of hydrogen-bond acceptors (Lipinski definition) is 5. The van der Waals surface area contributed by atoms with Crippen LogP contribution in [0.4, 0.5) is 15.6 Å². The molecule has 3 amide bonds. The maximum absolute atomic E-state index is 12.4. The van der Waals surface area contributed by atoms with Gasteiger partial charge in [0.25, 0.3) is 0 Å². The highest BCUT2D eigenvalue weighted by molar-refractivity contribution is 7.13. The first kappa shape index (κ1) is 18.5. The Hall–Kier alpha value is -2.32. The smallest absolute Gasteiger partial charge is 0.318 e. The van der Waals surface area contributed by atoms with Crippen LogP contribution in [0.2, 0.25) is 5.02 Å². The Balaban J connectivity index is 1.48. The predicted octanol–water partition coefficient (Wildman–Crippen LogP) is 2.66. The van der Waals surface area contributed by atoms with Crippen molar-refractivity contribution in [2.24, 2.45) is 0 Å². The van der Waals surface area contributed by atoms with Crippen molar-refractivity contribution in [1.82, 2.24) is 15.2 Å². The number of thiazole rings is 1. The number of urea groups is 1. The third kappa shape index (κ3) is 4.64. The molecule has 0 saturated carbocycles. The highest BCUT2D eigenvalue weighted by atomic mass is 35.5. The lowest BCUT2D eigenvalue weighted by molar-refractivity contribution is -0.117. The second-order valence-electron chi connectivity index (χ2n) is 5.95. The molecule has 1 fully saturated rings. The Kier molecular flexibility index (Phi) is 5.95. The number of nitrogens with one attached hydrogen (secondary N) is 2. The van der Waals surface area contributed by atoms with Crippen molar-refractivity contribution in [3.63, 3.8) is 0 Å². The zero-order valence-corrected chi connectivity index (χ0v) is 15.9. The minimum absolute atomic E-state index is 0.238. The molecule has 0 bridgehead atoms. The number of nitrogens with zero attached hydrogens (tertiary/aromatic N) is 3. The molecule has 1 aliphatic heterocycles. The van der Waals surface area contributed by atoms with Gasteiger partial charge in [0.05, 0.1) is 0 Å². The van der Waals surface area contributed by atoms with Crippen LogP contribution in [0.15, 0.2) is 35.8 Å². The Morgan fingerprint density at radius 2 is 2.04 bits per heavy atom. The minimum Gasteiger partial charge on any atom is -0.368 e. The van der Waals surface area contributed by atoms with Gasteiger partial charge in [0.15, 0.2) is 5.13 Å². The summed E-state index contributed by atoms with van der Waals surface area (Å²) in [5, 5.41) is 8.41. The summed E-state index contributed by atoms with van der Waals surface area (Å²) in [6.45, 7) is 4.25. The monoisotopic (exact) mass is 393 g/mol. The van der Waals surface area contributed by atoms with Crippen LogP contribution in [0.5, 0.6) is 0 Å². The fraction of sp³-hybridized carbons (Fsp3) is 0.353. The summed E-state index contributed by atoms with van der Waals surface area (Å²) in [6, 6.07) is 6.80. The molecule has 26 heavy (non-hydrogen) atoms. The molecule has 2 heterocycles. The number of halogens is 1. The average Bonchev–Trinajstić information content (AvgIpc) is 3.14. The van der Waals surface area contributed by atoms with Gasteiger partial charge in [-0.25, -0.2) is 9.78 Å². The normalized spacial score (nSPS) is 15.5. The molecule has 2 aromatic rings. The molecule has 1 atom stereocenters. The summed E-state index contributed by atoms with van der Waals surface area (Å²) in [6.07, 6.45) is 1.61. The number of amides is 3. The molecule has 0 spiro atoms. The second-order valence-corrected chi connectivity index (χ2v) is 7.28. The quantitative estimate of drug-likeness (QED) is 0.837. The van der Waals surface area contributed by atoms with Crippen LogP contribution in [0.25, 0.3) is 0 Å². The van der Waals surface area contributed by atoms with Crippen LogP contribution in [0.1, 0.15) is 6.92 Å². The van der Waals surface area contributed by atoms with E-state index in [9.17, 15) is 9.59 Å². The van der Waals surface area contributed by atoms with E-state index in [1.165, 1.54) is 11.3 Å². The van der Waals surface area contributed by atoms with E-state index in [1.807, 2.05) is 24.3 Å². The molecule has 1 aliphatic rings. The zero-order valence-electron chi connectivity index (χ0n) is 14.3. The predicted molar refractivity (Wildman–Crippen MR) is 104 cm³/mol. The van der Waals surface area contributed by atoms with Gasteiger partial charge in [-0.15, -0.1) is 11.3 Å². The van der Waals surface area contributed by atoms with E-state index in [-0.39, 0.29) is 11.9 Å². The van der Waals surface area contributed by atoms with Gasteiger partial charge in [-0.2, -0.15) is 0 Å². The number of carbonyl (C=O) groups is 2. The van der Waals surface area contributed by atoms with E-state index < -0.39 is 6.04 Å². The third-order valence-electron chi connectivity index (χ3n) is 4.14. The first-order chi connectivity index (χ1) is 12.5. The minimum atomic E-state index is -0.641. The fourth-order valence-corrected chi connectivity index (χ4v) is 3.40. The molecule has 0 aliphatic carbocycles. The van der Waals surface area contributed by atoms with Crippen molar-refractivity contribution in [3.05, 3.63) is 40.9 Å². The van der Waals surface area contributed by atoms with Gasteiger partial charge in [-0.1, -0.05) is 17.7 Å². The first-order valence-electron chi connectivity index (χ1n) is 8.29. The lowest BCUT2D eigenvalue weighted by Gasteiger charge is -2.36. The van der Waals surface area contributed by atoms with E-state index in [4.69, 9.17) is 11.6 Å². The van der Waals surface area contributed by atoms with E-state index in [2.05, 4.69) is 20.5 Å². The standard InChI is InChI=1S/C17H20ClN5O2S/c1-12(15(24)21-16-19-5-10-26-16)20-17(25)23-8-6-22(7-9-23)14-4-2-3-13(18)11-14/h2-5,10-12H,6-9H2,1H3,(H,20,25)(H,19,21,24)/t12-/m1/s1. The number of benzene rings is 1. The van der Waals surface area contributed by atoms with Crippen molar-refractivity contribution >= 4 is 45.7 Å². The molecule has 2 N–H and O–H groups in total. The number of piperazine rings is 1. The number of hydrogen-bond donors (Lipinski definition) is 2. The van der Waals surface area contributed by atoms with Gasteiger partial charge in [0.2, 0.25) is 5.91 Å². The van der Waals surface area contributed by atoms with E-state index in [0.29, 0.717) is 36.3 Å². The number of rotatable bonds is 4. The molecule has 138 valence electrons. The molecule has 3 rings (SSSR count). The largest absolute Gasteiger partial charge is 0.368 e. The van der Waals surface area contributed by atoms with Crippen LogP contribution in [-0.4, -0.2) is 54.0 Å². The van der Waals surface area contributed by atoms with Gasteiger partial charge in [-0.3, -0.25) is 4.79 Å². The van der Waals surface area contributed by atoms with Crippen molar-refractivity contribution < 1.29 is 9.59 Å². The van der Waals surface area contributed by atoms with Gasteiger partial charge in [0, 0.05) is 48.5 Å². The highest BCUT2D eigenvalue weighted by Crippen LogP contribution is 2.20. The Morgan fingerprint density at radius 1 is 1.27 bits per heavy atom. The molecule has 1 aromatic heterocycles. The van der Waals surface area contributed by atoms with E-state index >= 15 is 0 Å². The van der Waals surface area contributed by atoms with Gasteiger partial charge in [-0.05, 0) is 25.1 Å². The molecular weight excluding hydrogens is 374 g/mol. The van der Waals surface area contributed by atoms with Crippen molar-refractivity contribution in [2.45, 2.75) is 13.0 Å². The van der Waals surface area contributed by atoms with Crippen LogP contribution in [-0.2, 0) is 4.79 Å². The Bertz CT molecular complexity index is 762. The van der Waals surface area contributed by atoms with Gasteiger partial charge < -0.3 is 20.4 Å². The molecule has 0 unspecified atom stereocenters. The first-order valence-corrected chi connectivity index (χ1v) is 9.55. The molecule has 7 nitrogen and oxygen atoms in total. The van der Waals surface area contributed by atoms with Gasteiger partial charge in [0.1, 0.15) is 6.04 Å². The summed E-state index contributed by atoms with van der Waals surface area (Å²) in [7, 11) is 0. The van der Waals surface area contributed by atoms with Crippen molar-refractivity contribution in [2.75, 3.05) is 36.4 Å². The lowest BCUT2D eigenvalue weighted by Crippen LogP contribution is -2.54. The zero-order chi connectivity index (χ0) is 18.5. The molecule has 9 heteroatoms. The average molecular weight is 394 g/mol. The summed E-state index contributed by atoms with van der Waals surface area (Å²) in [5.41, 5.74) is 1.05. The number of anilines is 2. The second kappa shape index (κ2) is 8.37. The van der Waals surface area contributed by atoms with Crippen molar-refractivity contribution in [1.29, 1.82) is 0 Å². The van der Waals surface area contributed by atoms with Crippen LogP contribution < -0.4 is 15.5 Å². The summed E-state index contributed by atoms with van der Waals surface area (Å²) in [5.74, 6) is -0.286. The fourth-order valence-electron chi connectivity index (χ4n) is 2.68. The Labute approximate surface area is 161 Å². The molecule has 1 saturated heterocycles. The third-order valence-corrected chi connectivity index (χ3v) is 5.06. The SMILES string of the molecule is C[C@@H](NC(=O)N1CCN(c2cccc(Cl)c2)CC1)C(=O)Nc1nccs1. The molecular formula is C17H20ClN5O2S. The number of carbonyl (C=O) groups excluding carboxylic acids is 2. The summed E-state index contributed by atoms with van der Waals surface area (Å²) in [4.78, 5) is 32.4. The van der Waals surface area contributed by atoms with Gasteiger partial charge >= 0.3 is 6.03 Å². The Morgan fingerprint density at radius 3 is 2.69 bits per heavy atom. The maximum Gasteiger partial charge on any atom is 0.318 e. The van der Waals surface area contributed by atoms with Crippen LogP contribution >= 0.6 is 22.9 Å². The molecule has 1 aromatic carbocycles. The van der Waals surface area contributed by atoms with Crippen LogP contribution in [0.3, 0.4) is 0 Å². The van der Waals surface area contributed by atoms with Crippen LogP contribution in [0, 0.1) is 0 Å². The maximum atomic E-state index is 12.4. The topological polar surface area (TPSA) is 77.6 Å². The lowest BCUT2D eigenvalue weighted by atomic mass is 10.2. The summed E-state index contributed by atoms with van der Waals surface area (Å²) >= 11 is 7.37. The van der Waals surface area contributed by atoms with Crippen molar-refractivity contribution in [3.8, 4) is 0 Å². The van der Waals surface area contributed by atoms with E-state index in [0.717, 1.165) is 5.69 Å². The number of aromatic nitrogens is 1.